The highest BCUT2D eigenvalue weighted by Crippen LogP contribution is 2.44. The zero-order valence-corrected chi connectivity index (χ0v) is 16.6. The third-order valence-electron chi connectivity index (χ3n) is 6.75. The van der Waals surface area contributed by atoms with Gasteiger partial charge in [0.15, 0.2) is 5.58 Å². The molecule has 3 aromatic rings. The Morgan fingerprint density at radius 1 is 1.17 bits per heavy atom. The van der Waals surface area contributed by atoms with Crippen molar-refractivity contribution in [3.63, 3.8) is 0 Å². The van der Waals surface area contributed by atoms with E-state index in [1.54, 1.807) is 0 Å². The second-order valence-corrected chi connectivity index (χ2v) is 8.76. The number of fused-ring (bicyclic) bond motifs is 4. The van der Waals surface area contributed by atoms with E-state index in [1.165, 1.54) is 19.5 Å². The third-order valence-corrected chi connectivity index (χ3v) is 6.75. The van der Waals surface area contributed by atoms with Crippen LogP contribution in [0.4, 0.5) is 0 Å². The Hall–Kier alpha value is -2.93. The zero-order chi connectivity index (χ0) is 20.2. The minimum atomic E-state index is -0.475. The van der Waals surface area contributed by atoms with Crippen molar-refractivity contribution < 1.29 is 18.8 Å². The van der Waals surface area contributed by atoms with E-state index in [-0.39, 0.29) is 11.8 Å². The summed E-state index contributed by atoms with van der Waals surface area (Å²) in [6.07, 6.45) is 2.17. The number of carbonyl (C=O) groups excluding carboxylic acids is 2. The van der Waals surface area contributed by atoms with Gasteiger partial charge in [-0.05, 0) is 59.7 Å². The summed E-state index contributed by atoms with van der Waals surface area (Å²) in [5.74, 6) is 1.70. The van der Waals surface area contributed by atoms with E-state index >= 15 is 0 Å². The van der Waals surface area contributed by atoms with Crippen LogP contribution in [0.25, 0.3) is 21.7 Å². The highest BCUT2D eigenvalue weighted by molar-refractivity contribution is 6.10. The van der Waals surface area contributed by atoms with Crippen LogP contribution in [0.15, 0.2) is 34.9 Å². The summed E-state index contributed by atoms with van der Waals surface area (Å²) in [7, 11) is 0. The first-order chi connectivity index (χ1) is 14.7. The number of hydrogen-bond acceptors (Lipinski definition) is 6. The second kappa shape index (κ2) is 6.80. The van der Waals surface area contributed by atoms with Gasteiger partial charge in [-0.25, -0.2) is 0 Å². The maximum absolute atomic E-state index is 12.3. The summed E-state index contributed by atoms with van der Waals surface area (Å²) < 4.78 is 11.5. The molecule has 2 unspecified atom stereocenters. The van der Waals surface area contributed by atoms with Gasteiger partial charge in [0.25, 0.3) is 0 Å². The van der Waals surface area contributed by atoms with Gasteiger partial charge >= 0.3 is 0 Å². The smallest absolute Gasteiger partial charge is 0.235 e. The van der Waals surface area contributed by atoms with Gasteiger partial charge in [0.1, 0.15) is 18.1 Å². The highest BCUT2D eigenvalue weighted by atomic mass is 16.5. The topological polar surface area (TPSA) is 84.7 Å². The minimum Gasteiger partial charge on any atom is -0.492 e. The first-order valence-corrected chi connectivity index (χ1v) is 10.7. The fraction of sp³-hybridized carbons (Fsp3) is 0.435. The Morgan fingerprint density at radius 3 is 2.87 bits per heavy atom. The van der Waals surface area contributed by atoms with Crippen LogP contribution in [0.5, 0.6) is 5.75 Å². The number of ether oxygens (including phenoxy) is 1. The molecular weight excluding hydrogens is 382 g/mol. The summed E-state index contributed by atoms with van der Waals surface area (Å²) >= 11 is 0. The largest absolute Gasteiger partial charge is 0.492 e. The van der Waals surface area contributed by atoms with Crippen molar-refractivity contribution in [2.75, 3.05) is 26.2 Å². The van der Waals surface area contributed by atoms with Gasteiger partial charge in [-0.2, -0.15) is 0 Å². The SMILES string of the molecule is O=C1CC[C@@H](c2noc3ccc4cc(OCCN5CC6CC6C5)ccc4c23)C(=O)N1. The van der Waals surface area contributed by atoms with E-state index in [4.69, 9.17) is 9.26 Å². The first-order valence-electron chi connectivity index (χ1n) is 10.7. The average molecular weight is 405 g/mol. The van der Waals surface area contributed by atoms with Gasteiger partial charge in [0, 0.05) is 26.1 Å². The lowest BCUT2D eigenvalue weighted by molar-refractivity contribution is -0.134. The maximum atomic E-state index is 12.3. The van der Waals surface area contributed by atoms with Crippen LogP contribution >= 0.6 is 0 Å². The molecule has 1 aliphatic carbocycles. The fourth-order valence-corrected chi connectivity index (χ4v) is 5.02. The number of piperidine rings is 2. The minimum absolute atomic E-state index is 0.235. The number of nitrogens with one attached hydrogen (secondary N) is 1. The molecule has 2 aromatic carbocycles. The van der Waals surface area contributed by atoms with Crippen molar-refractivity contribution in [3.8, 4) is 5.75 Å². The summed E-state index contributed by atoms with van der Waals surface area (Å²) in [5, 5.41) is 9.42. The molecule has 3 atom stereocenters. The molecule has 154 valence electrons. The molecule has 2 amide bonds. The molecule has 3 aliphatic rings. The molecule has 1 N–H and O–H groups in total. The van der Waals surface area contributed by atoms with Crippen molar-refractivity contribution in [1.82, 2.24) is 15.4 Å². The summed E-state index contributed by atoms with van der Waals surface area (Å²) in [5.41, 5.74) is 1.24. The zero-order valence-electron chi connectivity index (χ0n) is 16.6. The Labute approximate surface area is 173 Å². The van der Waals surface area contributed by atoms with Gasteiger partial charge in [-0.15, -0.1) is 0 Å². The van der Waals surface area contributed by atoms with Gasteiger partial charge in [0.2, 0.25) is 11.8 Å². The van der Waals surface area contributed by atoms with E-state index in [1.807, 2.05) is 30.3 Å². The number of hydrogen-bond donors (Lipinski definition) is 1. The molecule has 3 fully saturated rings. The molecule has 0 spiro atoms. The number of rotatable bonds is 5. The Balaban J connectivity index is 1.25. The monoisotopic (exact) mass is 405 g/mol. The van der Waals surface area contributed by atoms with Crippen LogP contribution in [0.3, 0.4) is 0 Å². The third kappa shape index (κ3) is 3.04. The van der Waals surface area contributed by atoms with Crippen LogP contribution in [0.2, 0.25) is 0 Å². The molecule has 7 heteroatoms. The van der Waals surface area contributed by atoms with E-state index in [0.29, 0.717) is 30.7 Å². The van der Waals surface area contributed by atoms with Gasteiger partial charge in [0.05, 0.1) is 11.3 Å². The standard InChI is InChI=1S/C23H23N3O4/c27-20-6-4-18(23(28)24-20)22-21-17-3-2-16(10-13(17)1-5-19(21)30-25-22)29-8-7-26-11-14-9-15(14)12-26/h1-3,5,10,14-15,18H,4,6-9,11-12H2,(H,24,27,28)/t14?,15?,18-/m0/s1. The normalized spacial score (nSPS) is 26.2. The fourth-order valence-electron chi connectivity index (χ4n) is 5.02. The van der Waals surface area contributed by atoms with Crippen molar-refractivity contribution in [1.29, 1.82) is 0 Å². The highest BCUT2D eigenvalue weighted by Gasteiger charge is 2.44. The Bertz CT molecular complexity index is 1160. The molecule has 30 heavy (non-hydrogen) atoms. The number of imide groups is 1. The van der Waals surface area contributed by atoms with Gasteiger partial charge < -0.3 is 9.26 Å². The van der Waals surface area contributed by atoms with Crippen molar-refractivity contribution in [2.24, 2.45) is 11.8 Å². The van der Waals surface area contributed by atoms with Crippen molar-refractivity contribution in [3.05, 3.63) is 36.0 Å². The molecule has 6 rings (SSSR count). The van der Waals surface area contributed by atoms with E-state index in [0.717, 1.165) is 40.3 Å². The average Bonchev–Trinajstić information content (AvgIpc) is 3.14. The number of amides is 2. The molecule has 7 nitrogen and oxygen atoms in total. The van der Waals surface area contributed by atoms with E-state index < -0.39 is 5.92 Å². The van der Waals surface area contributed by atoms with Crippen molar-refractivity contribution >= 4 is 33.6 Å². The first kappa shape index (κ1) is 17.9. The summed E-state index contributed by atoms with van der Waals surface area (Å²) in [6.45, 7) is 4.10. The molecular formula is C23H23N3O4. The van der Waals surface area contributed by atoms with E-state index in [9.17, 15) is 9.59 Å². The van der Waals surface area contributed by atoms with Crippen LogP contribution in [0.1, 0.15) is 30.9 Å². The molecule has 3 heterocycles. The molecule has 1 saturated carbocycles. The quantitative estimate of drug-likeness (QED) is 0.657. The Morgan fingerprint density at radius 2 is 2.03 bits per heavy atom. The molecule has 0 radical (unpaired) electrons. The molecule has 2 saturated heterocycles. The summed E-state index contributed by atoms with van der Waals surface area (Å²) in [6, 6.07) is 9.85. The predicted molar refractivity (Wildman–Crippen MR) is 110 cm³/mol. The second-order valence-electron chi connectivity index (χ2n) is 8.76. The number of carbonyl (C=O) groups is 2. The molecule has 2 aliphatic heterocycles. The lowest BCUT2D eigenvalue weighted by Crippen LogP contribution is -2.39. The number of aromatic nitrogens is 1. The number of nitrogens with zero attached hydrogens (tertiary/aromatic N) is 2. The van der Waals surface area contributed by atoms with Crippen LogP contribution in [0, 0.1) is 11.8 Å². The number of benzene rings is 2. The van der Waals surface area contributed by atoms with Crippen LogP contribution < -0.4 is 10.1 Å². The van der Waals surface area contributed by atoms with Gasteiger partial charge in [-0.1, -0.05) is 11.2 Å². The summed E-state index contributed by atoms with van der Waals surface area (Å²) in [4.78, 5) is 26.3. The molecule has 1 aromatic heterocycles. The molecule has 0 bridgehead atoms. The van der Waals surface area contributed by atoms with Crippen LogP contribution in [-0.4, -0.2) is 48.1 Å². The van der Waals surface area contributed by atoms with Crippen molar-refractivity contribution in [2.45, 2.75) is 25.2 Å². The van der Waals surface area contributed by atoms with Gasteiger partial charge in [-0.3, -0.25) is 19.8 Å². The number of likely N-dealkylation sites (tertiary alicyclic amines) is 1. The predicted octanol–water partition coefficient (Wildman–Crippen LogP) is 2.83. The Kier molecular flexibility index (Phi) is 4.06. The van der Waals surface area contributed by atoms with E-state index in [2.05, 4.69) is 15.4 Å². The maximum Gasteiger partial charge on any atom is 0.235 e. The lowest BCUT2D eigenvalue weighted by atomic mass is 9.91. The van der Waals surface area contributed by atoms with Crippen LogP contribution in [-0.2, 0) is 9.59 Å². The lowest BCUT2D eigenvalue weighted by Gasteiger charge is -2.19.